The second-order valence-electron chi connectivity index (χ2n) is 10.9. The molecule has 3 nitrogen and oxygen atoms in total. The fourth-order valence-corrected chi connectivity index (χ4v) is 6.16. The van der Waals surface area contributed by atoms with Gasteiger partial charge in [0.2, 0.25) is 0 Å². The van der Waals surface area contributed by atoms with E-state index in [-0.39, 0.29) is 0 Å². The summed E-state index contributed by atoms with van der Waals surface area (Å²) in [5, 5.41) is 14.8. The third-order valence-electron chi connectivity index (χ3n) is 8.36. The maximum absolute atomic E-state index is 9.14. The van der Waals surface area contributed by atoms with E-state index in [2.05, 4.69) is 127 Å². The predicted octanol–water partition coefficient (Wildman–Crippen LogP) is 10.5. The van der Waals surface area contributed by atoms with Gasteiger partial charge in [0.05, 0.1) is 22.8 Å². The molecular weight excluding hydrogens is 534 g/mol. The van der Waals surface area contributed by atoms with Gasteiger partial charge in [-0.1, -0.05) is 133 Å². The molecule has 44 heavy (non-hydrogen) atoms. The molecule has 0 saturated carbocycles. The van der Waals surface area contributed by atoms with Crippen LogP contribution in [-0.2, 0) is 0 Å². The molecule has 3 heteroatoms. The van der Waals surface area contributed by atoms with Gasteiger partial charge in [-0.3, -0.25) is 0 Å². The SMILES string of the molecule is N#Cc1ccc(-c2ccc(-c3ccc(-c4nc(-c5cccc6ccccc56)nc5ccccc45)c4ccccc34)cc2)cc1. The van der Waals surface area contributed by atoms with Crippen LogP contribution in [0.25, 0.3) is 77.3 Å². The quantitative estimate of drug-likeness (QED) is 0.215. The van der Waals surface area contributed by atoms with Crippen LogP contribution in [-0.4, -0.2) is 9.97 Å². The van der Waals surface area contributed by atoms with E-state index in [1.807, 2.05) is 30.3 Å². The van der Waals surface area contributed by atoms with Crippen molar-refractivity contribution in [3.63, 3.8) is 0 Å². The zero-order valence-electron chi connectivity index (χ0n) is 23.8. The van der Waals surface area contributed by atoms with Crippen molar-refractivity contribution in [2.24, 2.45) is 0 Å². The van der Waals surface area contributed by atoms with Gasteiger partial charge in [0.25, 0.3) is 0 Å². The molecule has 0 fully saturated rings. The van der Waals surface area contributed by atoms with Crippen LogP contribution in [0.4, 0.5) is 0 Å². The lowest BCUT2D eigenvalue weighted by molar-refractivity contribution is 1.24. The summed E-state index contributed by atoms with van der Waals surface area (Å²) in [6.45, 7) is 0. The Morgan fingerprint density at radius 1 is 0.409 bits per heavy atom. The van der Waals surface area contributed by atoms with Crippen LogP contribution in [0.15, 0.2) is 152 Å². The van der Waals surface area contributed by atoms with Crippen LogP contribution >= 0.6 is 0 Å². The van der Waals surface area contributed by atoms with Gasteiger partial charge in [0.15, 0.2) is 5.82 Å². The standard InChI is InChI=1S/C41H25N3/c42-26-27-16-18-28(19-17-27)29-20-22-31(23-21-29)33-24-25-36(35-12-4-3-11-34(33)35)40-38-13-5-6-15-39(38)43-41(44-40)37-14-7-9-30-8-1-2-10-32(30)37/h1-25H. The summed E-state index contributed by atoms with van der Waals surface area (Å²) in [6.07, 6.45) is 0. The molecule has 8 aromatic rings. The summed E-state index contributed by atoms with van der Waals surface area (Å²) < 4.78 is 0. The molecule has 8 rings (SSSR count). The molecule has 0 aliphatic rings. The van der Waals surface area contributed by atoms with Crippen molar-refractivity contribution in [1.29, 1.82) is 5.26 Å². The van der Waals surface area contributed by atoms with Crippen LogP contribution < -0.4 is 0 Å². The Bertz CT molecular complexity index is 2380. The van der Waals surface area contributed by atoms with E-state index in [4.69, 9.17) is 15.2 Å². The van der Waals surface area contributed by atoms with E-state index in [1.165, 1.54) is 16.3 Å². The zero-order chi connectivity index (χ0) is 29.5. The average Bonchev–Trinajstić information content (AvgIpc) is 3.10. The normalized spacial score (nSPS) is 11.2. The highest BCUT2D eigenvalue weighted by Gasteiger charge is 2.16. The van der Waals surface area contributed by atoms with Crippen LogP contribution in [0.3, 0.4) is 0 Å². The minimum atomic E-state index is 0.664. The lowest BCUT2D eigenvalue weighted by Gasteiger charge is -2.15. The third-order valence-corrected chi connectivity index (χ3v) is 8.36. The number of aromatic nitrogens is 2. The monoisotopic (exact) mass is 559 g/mol. The van der Waals surface area contributed by atoms with Gasteiger partial charge < -0.3 is 0 Å². The van der Waals surface area contributed by atoms with Crippen LogP contribution in [0, 0.1) is 11.3 Å². The lowest BCUT2D eigenvalue weighted by atomic mass is 9.92. The average molecular weight is 560 g/mol. The highest BCUT2D eigenvalue weighted by molar-refractivity contribution is 6.09. The van der Waals surface area contributed by atoms with Gasteiger partial charge in [-0.15, -0.1) is 0 Å². The van der Waals surface area contributed by atoms with E-state index >= 15 is 0 Å². The number of rotatable bonds is 4. The maximum Gasteiger partial charge on any atom is 0.161 e. The first-order chi connectivity index (χ1) is 21.8. The molecule has 1 aromatic heterocycles. The van der Waals surface area contributed by atoms with Gasteiger partial charge in [-0.25, -0.2) is 9.97 Å². The number of hydrogen-bond acceptors (Lipinski definition) is 3. The first-order valence-electron chi connectivity index (χ1n) is 14.6. The van der Waals surface area contributed by atoms with Crippen molar-refractivity contribution in [3.05, 3.63) is 157 Å². The summed E-state index contributed by atoms with van der Waals surface area (Å²) in [4.78, 5) is 10.3. The molecule has 0 unspecified atom stereocenters. The first-order valence-corrected chi connectivity index (χ1v) is 14.6. The van der Waals surface area contributed by atoms with Gasteiger partial charge >= 0.3 is 0 Å². The minimum absolute atomic E-state index is 0.664. The molecule has 0 bridgehead atoms. The Hall–Kier alpha value is -6.11. The van der Waals surface area contributed by atoms with E-state index in [1.54, 1.807) is 0 Å². The van der Waals surface area contributed by atoms with Crippen molar-refractivity contribution in [2.75, 3.05) is 0 Å². The molecule has 0 amide bonds. The Balaban J connectivity index is 1.28. The molecule has 1 heterocycles. The van der Waals surface area contributed by atoms with E-state index in [0.29, 0.717) is 5.56 Å². The molecule has 0 aliphatic carbocycles. The molecule has 7 aromatic carbocycles. The molecule has 0 N–H and O–H groups in total. The molecule has 0 saturated heterocycles. The van der Waals surface area contributed by atoms with Crippen LogP contribution in [0.2, 0.25) is 0 Å². The molecule has 0 atom stereocenters. The van der Waals surface area contributed by atoms with Gasteiger partial charge in [-0.05, 0) is 62.0 Å². The van der Waals surface area contributed by atoms with Crippen molar-refractivity contribution < 1.29 is 0 Å². The predicted molar refractivity (Wildman–Crippen MR) is 181 cm³/mol. The summed E-state index contributed by atoms with van der Waals surface area (Å²) >= 11 is 0. The van der Waals surface area contributed by atoms with Crippen molar-refractivity contribution >= 4 is 32.4 Å². The van der Waals surface area contributed by atoms with Crippen LogP contribution in [0.5, 0.6) is 0 Å². The van der Waals surface area contributed by atoms with Crippen molar-refractivity contribution in [2.45, 2.75) is 0 Å². The van der Waals surface area contributed by atoms with Crippen molar-refractivity contribution in [3.8, 4) is 51.0 Å². The van der Waals surface area contributed by atoms with E-state index < -0.39 is 0 Å². The van der Waals surface area contributed by atoms with Gasteiger partial charge in [-0.2, -0.15) is 5.26 Å². The smallest absolute Gasteiger partial charge is 0.161 e. The second kappa shape index (κ2) is 10.6. The molecule has 0 spiro atoms. The highest BCUT2D eigenvalue weighted by atomic mass is 14.9. The Labute approximate surface area is 255 Å². The molecule has 0 radical (unpaired) electrons. The number of fused-ring (bicyclic) bond motifs is 3. The van der Waals surface area contributed by atoms with Gasteiger partial charge in [0, 0.05) is 16.5 Å². The van der Waals surface area contributed by atoms with Crippen molar-refractivity contribution in [1.82, 2.24) is 9.97 Å². The number of benzene rings is 7. The topological polar surface area (TPSA) is 49.6 Å². The maximum atomic E-state index is 9.14. The number of hydrogen-bond donors (Lipinski definition) is 0. The lowest BCUT2D eigenvalue weighted by Crippen LogP contribution is -1.96. The summed E-state index contributed by atoms with van der Waals surface area (Å²) in [7, 11) is 0. The number of nitriles is 1. The number of nitrogens with zero attached hydrogens (tertiary/aromatic N) is 3. The molecule has 204 valence electrons. The first kappa shape index (κ1) is 25.6. The fourth-order valence-electron chi connectivity index (χ4n) is 6.16. The minimum Gasteiger partial charge on any atom is -0.228 e. The Morgan fingerprint density at radius 2 is 0.977 bits per heavy atom. The zero-order valence-corrected chi connectivity index (χ0v) is 23.8. The van der Waals surface area contributed by atoms with Gasteiger partial charge in [0.1, 0.15) is 0 Å². The number of para-hydroxylation sites is 1. The second-order valence-corrected chi connectivity index (χ2v) is 10.9. The Morgan fingerprint density at radius 3 is 1.73 bits per heavy atom. The summed E-state index contributed by atoms with van der Waals surface area (Å²) in [5.41, 5.74) is 9.15. The van der Waals surface area contributed by atoms with E-state index in [9.17, 15) is 0 Å². The molecule has 0 aliphatic heterocycles. The highest BCUT2D eigenvalue weighted by Crippen LogP contribution is 2.39. The summed E-state index contributed by atoms with van der Waals surface area (Å²) in [5.74, 6) is 0.724. The van der Waals surface area contributed by atoms with E-state index in [0.717, 1.165) is 61.0 Å². The largest absolute Gasteiger partial charge is 0.228 e. The molecular formula is C41H25N3. The van der Waals surface area contributed by atoms with Crippen LogP contribution in [0.1, 0.15) is 5.56 Å². The summed E-state index contributed by atoms with van der Waals surface area (Å²) in [6, 6.07) is 54.5. The third kappa shape index (κ3) is 4.38. The Kier molecular flexibility index (Phi) is 6.18. The fraction of sp³-hybridized carbons (Fsp3) is 0.